The summed E-state index contributed by atoms with van der Waals surface area (Å²) < 4.78 is 0. The molecule has 0 fully saturated rings. The van der Waals surface area contributed by atoms with E-state index in [2.05, 4.69) is 6.58 Å². The van der Waals surface area contributed by atoms with Crippen LogP contribution in [0.5, 0.6) is 0 Å². The van der Waals surface area contributed by atoms with Crippen molar-refractivity contribution in [3.8, 4) is 0 Å². The Morgan fingerprint density at radius 1 is 1.42 bits per heavy atom. The molecule has 0 aromatic rings. The molecule has 0 N–H and O–H groups in total. The molecule has 0 saturated heterocycles. The number of carbonyl (C=O) groups excluding carboxylic acids is 1. The second-order valence-electron chi connectivity index (χ2n) is 2.03. The smallest absolute Gasteiger partial charge is 0.249 e. The zero-order valence-electron chi connectivity index (χ0n) is 8.72. The molecule has 0 aliphatic rings. The minimum absolute atomic E-state index is 0.0735. The number of carbonyl (C=O) groups is 1. The summed E-state index contributed by atoms with van der Waals surface area (Å²) in [4.78, 5) is 12.4. The van der Waals surface area contributed by atoms with Crippen molar-refractivity contribution in [3.05, 3.63) is 24.4 Å². The van der Waals surface area contributed by atoms with Gasteiger partial charge in [-0.05, 0) is 19.9 Å². The van der Waals surface area contributed by atoms with Crippen LogP contribution in [0, 0.1) is 0 Å². The third-order valence-electron chi connectivity index (χ3n) is 1.45. The third kappa shape index (κ3) is 4.72. The van der Waals surface area contributed by atoms with Crippen molar-refractivity contribution in [1.29, 1.82) is 0 Å². The van der Waals surface area contributed by atoms with Crippen LogP contribution in [0.4, 0.5) is 0 Å². The van der Waals surface area contributed by atoms with Crippen molar-refractivity contribution < 1.29 is 4.79 Å². The van der Waals surface area contributed by atoms with E-state index in [9.17, 15) is 4.79 Å². The molecule has 0 radical (unpaired) electrons. The quantitative estimate of drug-likeness (QED) is 0.582. The number of hydrogen-bond acceptors (Lipinski definition) is 1. The number of likely N-dealkylation sites (N-methyl/N-ethyl adjacent to an activating group) is 1. The van der Waals surface area contributed by atoms with Crippen molar-refractivity contribution >= 4 is 5.91 Å². The molecule has 0 unspecified atom stereocenters. The summed E-state index contributed by atoms with van der Waals surface area (Å²) in [6.07, 6.45) is 3.18. The number of nitrogens with zero attached hydrogens (tertiary/aromatic N) is 1. The lowest BCUT2D eigenvalue weighted by molar-refractivity contribution is -0.123. The number of allylic oxidation sites excluding steroid dienone is 2. The van der Waals surface area contributed by atoms with Crippen LogP contribution in [-0.2, 0) is 4.79 Å². The van der Waals surface area contributed by atoms with Crippen LogP contribution in [0.25, 0.3) is 0 Å². The van der Waals surface area contributed by atoms with Crippen molar-refractivity contribution in [2.45, 2.75) is 27.7 Å². The van der Waals surface area contributed by atoms with Gasteiger partial charge in [0.1, 0.15) is 0 Å². The monoisotopic (exact) mass is 169 g/mol. The van der Waals surface area contributed by atoms with E-state index in [1.807, 2.05) is 33.8 Å². The van der Waals surface area contributed by atoms with Crippen molar-refractivity contribution in [2.24, 2.45) is 0 Å². The minimum atomic E-state index is -0.0735. The van der Waals surface area contributed by atoms with E-state index in [0.717, 1.165) is 5.70 Å². The number of rotatable bonds is 2. The summed E-state index contributed by atoms with van der Waals surface area (Å²) in [5, 5.41) is 0. The number of hydrogen-bond donors (Lipinski definition) is 0. The van der Waals surface area contributed by atoms with Gasteiger partial charge >= 0.3 is 0 Å². The van der Waals surface area contributed by atoms with Crippen LogP contribution in [0.15, 0.2) is 24.4 Å². The van der Waals surface area contributed by atoms with Crippen LogP contribution in [-0.4, -0.2) is 17.9 Å². The fraction of sp³-hybridized carbons (Fsp3) is 0.500. The third-order valence-corrected chi connectivity index (χ3v) is 1.45. The summed E-state index contributed by atoms with van der Waals surface area (Å²) in [5.74, 6) is -0.0735. The average Bonchev–Trinajstić information content (AvgIpc) is 2.17. The van der Waals surface area contributed by atoms with Gasteiger partial charge in [0.05, 0.1) is 0 Å². The molecule has 0 atom stereocenters. The molecule has 12 heavy (non-hydrogen) atoms. The summed E-state index contributed by atoms with van der Waals surface area (Å²) >= 11 is 0. The Kier molecular flexibility index (Phi) is 9.08. The SMILES string of the molecule is C=CC(=O)N(C)/C(C)=C\C.CC. The molecule has 0 saturated carbocycles. The highest BCUT2D eigenvalue weighted by atomic mass is 16.2. The molecule has 0 aliphatic heterocycles. The molecule has 0 heterocycles. The second-order valence-corrected chi connectivity index (χ2v) is 2.03. The molecule has 0 aliphatic carbocycles. The van der Waals surface area contributed by atoms with Gasteiger partial charge in [-0.3, -0.25) is 4.79 Å². The van der Waals surface area contributed by atoms with E-state index in [1.54, 1.807) is 11.9 Å². The molecule has 0 aromatic heterocycles. The summed E-state index contributed by atoms with van der Waals surface area (Å²) in [6, 6.07) is 0. The Hall–Kier alpha value is -1.05. The molecular formula is C10H19NO. The molecule has 70 valence electrons. The molecule has 0 spiro atoms. The number of amides is 1. The van der Waals surface area contributed by atoms with Gasteiger partial charge in [-0.2, -0.15) is 0 Å². The Balaban J connectivity index is 0. The van der Waals surface area contributed by atoms with Crippen LogP contribution >= 0.6 is 0 Å². The molecule has 0 bridgehead atoms. The van der Waals surface area contributed by atoms with Crippen molar-refractivity contribution in [1.82, 2.24) is 4.90 Å². The highest BCUT2D eigenvalue weighted by Crippen LogP contribution is 1.99. The fourth-order valence-corrected chi connectivity index (χ4v) is 0.504. The maximum atomic E-state index is 10.9. The lowest BCUT2D eigenvalue weighted by Crippen LogP contribution is -2.22. The highest BCUT2D eigenvalue weighted by molar-refractivity contribution is 5.88. The van der Waals surface area contributed by atoms with Gasteiger partial charge in [0.2, 0.25) is 5.91 Å². The Bertz CT molecular complexity index is 169. The standard InChI is InChI=1S/C8H13NO.C2H6/c1-5-7(3)9(4)8(10)6-2;1-2/h5-6H,2H2,1,3-4H3;1-2H3/b7-5-;. The van der Waals surface area contributed by atoms with Crippen LogP contribution in [0.3, 0.4) is 0 Å². The van der Waals surface area contributed by atoms with Gasteiger partial charge in [-0.1, -0.05) is 26.5 Å². The Labute approximate surface area is 75.6 Å². The topological polar surface area (TPSA) is 20.3 Å². The summed E-state index contributed by atoms with van der Waals surface area (Å²) in [6.45, 7) is 11.1. The van der Waals surface area contributed by atoms with E-state index < -0.39 is 0 Å². The zero-order valence-corrected chi connectivity index (χ0v) is 8.72. The maximum absolute atomic E-state index is 10.9. The van der Waals surface area contributed by atoms with Gasteiger partial charge in [-0.15, -0.1) is 0 Å². The van der Waals surface area contributed by atoms with E-state index in [1.165, 1.54) is 6.08 Å². The van der Waals surface area contributed by atoms with Crippen LogP contribution in [0.2, 0.25) is 0 Å². The molecule has 2 nitrogen and oxygen atoms in total. The summed E-state index contributed by atoms with van der Waals surface area (Å²) in [5.41, 5.74) is 0.935. The summed E-state index contributed by atoms with van der Waals surface area (Å²) in [7, 11) is 1.72. The predicted octanol–water partition coefficient (Wildman–Crippen LogP) is 2.58. The van der Waals surface area contributed by atoms with Gasteiger partial charge < -0.3 is 4.90 Å². The first-order chi connectivity index (χ1) is 5.63. The lowest BCUT2D eigenvalue weighted by atomic mass is 10.4. The molecule has 2 heteroatoms. The zero-order chi connectivity index (χ0) is 10.1. The first-order valence-electron chi connectivity index (χ1n) is 4.16. The highest BCUT2D eigenvalue weighted by Gasteiger charge is 2.02. The van der Waals surface area contributed by atoms with Crippen LogP contribution < -0.4 is 0 Å². The Morgan fingerprint density at radius 2 is 1.83 bits per heavy atom. The molecule has 0 rings (SSSR count). The lowest BCUT2D eigenvalue weighted by Gasteiger charge is -2.14. The minimum Gasteiger partial charge on any atom is -0.316 e. The van der Waals surface area contributed by atoms with Crippen LogP contribution in [0.1, 0.15) is 27.7 Å². The predicted molar refractivity (Wildman–Crippen MR) is 53.7 cm³/mol. The first kappa shape index (κ1) is 13.5. The molecule has 1 amide bonds. The Morgan fingerprint density at radius 3 is 2.08 bits per heavy atom. The van der Waals surface area contributed by atoms with Gasteiger partial charge in [0.15, 0.2) is 0 Å². The fourth-order valence-electron chi connectivity index (χ4n) is 0.504. The second kappa shape index (κ2) is 8.05. The van der Waals surface area contributed by atoms with Crippen molar-refractivity contribution in [2.75, 3.05) is 7.05 Å². The average molecular weight is 169 g/mol. The van der Waals surface area contributed by atoms with Gasteiger partial charge in [0.25, 0.3) is 0 Å². The van der Waals surface area contributed by atoms with E-state index in [0.29, 0.717) is 0 Å². The normalized spacial score (nSPS) is 9.58. The van der Waals surface area contributed by atoms with E-state index in [4.69, 9.17) is 0 Å². The van der Waals surface area contributed by atoms with Crippen molar-refractivity contribution in [3.63, 3.8) is 0 Å². The van der Waals surface area contributed by atoms with Gasteiger partial charge in [-0.25, -0.2) is 0 Å². The first-order valence-corrected chi connectivity index (χ1v) is 4.16. The molecule has 0 aromatic carbocycles. The van der Waals surface area contributed by atoms with E-state index in [-0.39, 0.29) is 5.91 Å². The maximum Gasteiger partial charge on any atom is 0.249 e. The van der Waals surface area contributed by atoms with Gasteiger partial charge in [0, 0.05) is 12.7 Å². The van der Waals surface area contributed by atoms with E-state index >= 15 is 0 Å². The largest absolute Gasteiger partial charge is 0.316 e. The molecular weight excluding hydrogens is 150 g/mol.